The molecule has 0 spiro atoms. The number of hydrogen-bond donors (Lipinski definition) is 2. The van der Waals surface area contributed by atoms with E-state index in [2.05, 4.69) is 0 Å². The number of hydrogen-bond acceptors (Lipinski definition) is 2. The van der Waals surface area contributed by atoms with E-state index in [1.54, 1.807) is 0 Å². The van der Waals surface area contributed by atoms with E-state index in [9.17, 15) is 18.0 Å². The Morgan fingerprint density at radius 1 is 1.42 bits per heavy atom. The zero-order valence-corrected chi connectivity index (χ0v) is 6.64. The lowest BCUT2D eigenvalue weighted by atomic mass is 9.84. The molecule has 0 amide bonds. The topological polar surface area (TPSA) is 63.3 Å². The summed E-state index contributed by atoms with van der Waals surface area (Å²) >= 11 is 0. The van der Waals surface area contributed by atoms with Gasteiger partial charge in [0.05, 0.1) is 5.41 Å². The first-order valence-electron chi connectivity index (χ1n) is 3.16. The number of alkyl halides is 3. The van der Waals surface area contributed by atoms with Gasteiger partial charge < -0.3 is 10.8 Å². The summed E-state index contributed by atoms with van der Waals surface area (Å²) in [5.41, 5.74) is 2.46. The molecule has 0 fully saturated rings. The highest BCUT2D eigenvalue weighted by Crippen LogP contribution is 2.39. The first kappa shape index (κ1) is 11.2. The van der Waals surface area contributed by atoms with Gasteiger partial charge in [-0.05, 0) is 13.8 Å². The second-order valence-electron chi connectivity index (χ2n) is 3.04. The van der Waals surface area contributed by atoms with Crippen molar-refractivity contribution >= 4 is 5.97 Å². The average molecular weight is 185 g/mol. The van der Waals surface area contributed by atoms with Crippen LogP contribution in [0.2, 0.25) is 0 Å². The summed E-state index contributed by atoms with van der Waals surface area (Å²) in [6.07, 6.45) is -4.61. The van der Waals surface area contributed by atoms with Gasteiger partial charge >= 0.3 is 12.1 Å². The van der Waals surface area contributed by atoms with Crippen molar-refractivity contribution < 1.29 is 23.1 Å². The number of rotatable bonds is 2. The molecule has 0 saturated carbocycles. The molecule has 0 radical (unpaired) electrons. The van der Waals surface area contributed by atoms with E-state index in [1.165, 1.54) is 0 Å². The summed E-state index contributed by atoms with van der Waals surface area (Å²) in [6.45, 7) is 1.51. The van der Waals surface area contributed by atoms with Gasteiger partial charge in [0.25, 0.3) is 0 Å². The highest BCUT2D eigenvalue weighted by atomic mass is 19.4. The predicted molar refractivity (Wildman–Crippen MR) is 35.4 cm³/mol. The van der Waals surface area contributed by atoms with Crippen molar-refractivity contribution in [3.63, 3.8) is 0 Å². The number of carbonyl (C=O) groups is 1. The molecule has 3 nitrogen and oxygen atoms in total. The van der Waals surface area contributed by atoms with Crippen molar-refractivity contribution in [2.24, 2.45) is 11.1 Å². The summed E-state index contributed by atoms with van der Waals surface area (Å²) in [4.78, 5) is 10.2. The quantitative estimate of drug-likeness (QED) is 0.674. The molecule has 1 atom stereocenters. The summed E-state index contributed by atoms with van der Waals surface area (Å²) < 4.78 is 36.3. The summed E-state index contributed by atoms with van der Waals surface area (Å²) in [5.74, 6) is -1.66. The van der Waals surface area contributed by atoms with Crippen LogP contribution in [-0.4, -0.2) is 23.3 Å². The summed E-state index contributed by atoms with van der Waals surface area (Å²) in [6, 6.07) is -1.93. The molecule has 0 aliphatic heterocycles. The molecule has 0 aromatic rings. The van der Waals surface area contributed by atoms with Gasteiger partial charge in [-0.25, -0.2) is 0 Å². The van der Waals surface area contributed by atoms with Gasteiger partial charge in [0.1, 0.15) is 6.04 Å². The van der Waals surface area contributed by atoms with Crippen molar-refractivity contribution in [1.29, 1.82) is 0 Å². The molecule has 0 aliphatic carbocycles. The van der Waals surface area contributed by atoms with Crippen LogP contribution < -0.4 is 5.73 Å². The maximum absolute atomic E-state index is 12.1. The van der Waals surface area contributed by atoms with Gasteiger partial charge in [0.2, 0.25) is 0 Å². The maximum Gasteiger partial charge on any atom is 0.396 e. The first-order valence-corrected chi connectivity index (χ1v) is 3.16. The standard InChI is InChI=1S/C6H10F3NO2/c1-5(2,6(7,8)9)3(10)4(11)12/h3H,10H2,1-2H3,(H,11,12)/t3-/m1/s1. The van der Waals surface area contributed by atoms with Crippen LogP contribution >= 0.6 is 0 Å². The Bertz CT molecular complexity index is 188. The summed E-state index contributed by atoms with van der Waals surface area (Å²) in [7, 11) is 0. The van der Waals surface area contributed by atoms with Crippen molar-refractivity contribution in [2.75, 3.05) is 0 Å². The number of halogens is 3. The molecule has 0 aliphatic rings. The van der Waals surface area contributed by atoms with Crippen molar-refractivity contribution in [2.45, 2.75) is 26.1 Å². The van der Waals surface area contributed by atoms with Gasteiger partial charge in [0.15, 0.2) is 0 Å². The fraction of sp³-hybridized carbons (Fsp3) is 0.833. The van der Waals surface area contributed by atoms with Gasteiger partial charge in [-0.15, -0.1) is 0 Å². The zero-order valence-electron chi connectivity index (χ0n) is 6.64. The zero-order chi connectivity index (χ0) is 10.2. The lowest BCUT2D eigenvalue weighted by Gasteiger charge is -2.30. The van der Waals surface area contributed by atoms with E-state index in [4.69, 9.17) is 10.8 Å². The third kappa shape index (κ3) is 1.88. The van der Waals surface area contributed by atoms with Gasteiger partial charge in [-0.3, -0.25) is 4.79 Å². The number of nitrogens with two attached hydrogens (primary N) is 1. The van der Waals surface area contributed by atoms with Crippen LogP contribution in [0.3, 0.4) is 0 Å². The largest absolute Gasteiger partial charge is 0.480 e. The molecular formula is C6H10F3NO2. The Morgan fingerprint density at radius 2 is 1.75 bits per heavy atom. The molecule has 0 unspecified atom stereocenters. The minimum atomic E-state index is -4.61. The van der Waals surface area contributed by atoms with Crippen LogP contribution in [0.25, 0.3) is 0 Å². The Balaban J connectivity index is 4.73. The van der Waals surface area contributed by atoms with Crippen LogP contribution in [0.15, 0.2) is 0 Å². The Kier molecular flexibility index (Phi) is 2.74. The highest BCUT2D eigenvalue weighted by Gasteiger charge is 2.53. The second kappa shape index (κ2) is 2.93. The second-order valence-corrected chi connectivity index (χ2v) is 3.04. The lowest BCUT2D eigenvalue weighted by molar-refractivity contribution is -0.221. The SMILES string of the molecule is CC(C)([C@H](N)C(=O)O)C(F)(F)F. The van der Waals surface area contributed by atoms with Crippen molar-refractivity contribution in [3.05, 3.63) is 0 Å². The molecular weight excluding hydrogens is 175 g/mol. The number of aliphatic carboxylic acids is 1. The van der Waals surface area contributed by atoms with Gasteiger partial charge in [-0.1, -0.05) is 0 Å². The van der Waals surface area contributed by atoms with Crippen LogP contribution in [0.1, 0.15) is 13.8 Å². The summed E-state index contributed by atoms with van der Waals surface area (Å²) in [5, 5.41) is 8.26. The fourth-order valence-electron chi connectivity index (χ4n) is 0.485. The fourth-order valence-corrected chi connectivity index (χ4v) is 0.485. The predicted octanol–water partition coefficient (Wildman–Crippen LogP) is 0.987. The molecule has 0 aromatic carbocycles. The lowest BCUT2D eigenvalue weighted by Crippen LogP contribution is -2.52. The number of carboxylic acids is 1. The molecule has 0 heterocycles. The normalized spacial score (nSPS) is 15.8. The average Bonchev–Trinajstić information content (AvgIpc) is 1.83. The molecule has 72 valence electrons. The highest BCUT2D eigenvalue weighted by molar-refractivity contribution is 5.74. The van der Waals surface area contributed by atoms with Crippen LogP contribution in [0.5, 0.6) is 0 Å². The molecule has 6 heteroatoms. The minimum Gasteiger partial charge on any atom is -0.480 e. The van der Waals surface area contributed by atoms with Crippen molar-refractivity contribution in [3.8, 4) is 0 Å². The van der Waals surface area contributed by atoms with E-state index in [-0.39, 0.29) is 0 Å². The van der Waals surface area contributed by atoms with E-state index in [1.807, 2.05) is 0 Å². The smallest absolute Gasteiger partial charge is 0.396 e. The van der Waals surface area contributed by atoms with Gasteiger partial charge in [-0.2, -0.15) is 13.2 Å². The Morgan fingerprint density at radius 3 is 1.83 bits per heavy atom. The molecule has 12 heavy (non-hydrogen) atoms. The van der Waals surface area contributed by atoms with E-state index >= 15 is 0 Å². The van der Waals surface area contributed by atoms with E-state index in [0.29, 0.717) is 0 Å². The third-order valence-electron chi connectivity index (χ3n) is 1.77. The van der Waals surface area contributed by atoms with Crippen LogP contribution in [0, 0.1) is 5.41 Å². The first-order chi connectivity index (χ1) is 5.10. The van der Waals surface area contributed by atoms with Crippen LogP contribution in [0.4, 0.5) is 13.2 Å². The molecule has 0 aromatic heterocycles. The molecule has 0 bridgehead atoms. The molecule has 0 rings (SSSR count). The molecule has 3 N–H and O–H groups in total. The third-order valence-corrected chi connectivity index (χ3v) is 1.77. The van der Waals surface area contributed by atoms with Crippen molar-refractivity contribution in [1.82, 2.24) is 0 Å². The Labute approximate surface area is 67.4 Å². The van der Waals surface area contributed by atoms with E-state index < -0.39 is 23.6 Å². The maximum atomic E-state index is 12.1. The van der Waals surface area contributed by atoms with E-state index in [0.717, 1.165) is 13.8 Å². The van der Waals surface area contributed by atoms with Crippen LogP contribution in [-0.2, 0) is 4.79 Å². The number of carboxylic acid groups (broad SMARTS) is 1. The molecule has 0 saturated heterocycles. The minimum absolute atomic E-state index is 0.756. The monoisotopic (exact) mass is 185 g/mol. The Hall–Kier alpha value is -0.780. The van der Waals surface area contributed by atoms with Gasteiger partial charge in [0, 0.05) is 0 Å².